The molecule has 1 heterocycles. The third kappa shape index (κ3) is 10.2. The highest BCUT2D eigenvalue weighted by atomic mass is 35.5. The number of rotatable bonds is 6. The summed E-state index contributed by atoms with van der Waals surface area (Å²) in [6, 6.07) is 12.5. The number of fused-ring (bicyclic) bond motifs is 1. The van der Waals surface area contributed by atoms with E-state index in [0.29, 0.717) is 11.7 Å². The minimum absolute atomic E-state index is 0.298. The average molecular weight is 483 g/mol. The summed E-state index contributed by atoms with van der Waals surface area (Å²) in [5.41, 5.74) is 5.36. The largest absolute Gasteiger partial charge is 0.494 e. The van der Waals surface area contributed by atoms with Crippen LogP contribution in [0.4, 0.5) is 5.69 Å². The summed E-state index contributed by atoms with van der Waals surface area (Å²) >= 11 is 6.50. The molecular weight excluding hydrogens is 448 g/mol. The fourth-order valence-corrected chi connectivity index (χ4v) is 3.55. The van der Waals surface area contributed by atoms with Crippen LogP contribution in [-0.2, 0) is 29.5 Å². The second-order valence-corrected chi connectivity index (χ2v) is 11.1. The standard InChI is InChI=1S/C23H31ClN2O.CH4O3S/c1-23(2,3)12-15-27-19-7-4-17(5-8-19)16-26-22-20-11-14-25-13-10-18(20)6-9-21(22)24;1-5(2,3)4/h4-9,25-26H,10-16H2,1-3H3;1H3,(H,2,3,4). The van der Waals surface area contributed by atoms with Crippen molar-refractivity contribution < 1.29 is 17.7 Å². The van der Waals surface area contributed by atoms with Gasteiger partial charge in [-0.2, -0.15) is 8.42 Å². The van der Waals surface area contributed by atoms with Crippen molar-refractivity contribution in [2.75, 3.05) is 31.3 Å². The molecule has 0 radical (unpaired) electrons. The molecule has 0 atom stereocenters. The maximum atomic E-state index is 9.19. The van der Waals surface area contributed by atoms with E-state index in [2.05, 4.69) is 61.7 Å². The highest BCUT2D eigenvalue weighted by Gasteiger charge is 2.14. The lowest BCUT2D eigenvalue weighted by atomic mass is 9.93. The number of ether oxygens (including phenoxy) is 1. The minimum atomic E-state index is -3.67. The van der Waals surface area contributed by atoms with Crippen LogP contribution >= 0.6 is 11.6 Å². The number of hydrogen-bond acceptors (Lipinski definition) is 5. The van der Waals surface area contributed by atoms with Gasteiger partial charge in [-0.25, -0.2) is 0 Å². The van der Waals surface area contributed by atoms with Gasteiger partial charge in [-0.3, -0.25) is 4.55 Å². The molecule has 0 spiro atoms. The molecule has 0 fully saturated rings. The SMILES string of the molecule is CC(C)(C)CCOc1ccc(CNc2c(Cl)ccc3c2CCNCC3)cc1.CS(=O)(=O)O. The molecule has 0 aromatic heterocycles. The predicted molar refractivity (Wildman–Crippen MR) is 133 cm³/mol. The molecule has 8 heteroatoms. The van der Waals surface area contributed by atoms with E-state index in [4.69, 9.17) is 20.9 Å². The van der Waals surface area contributed by atoms with E-state index in [1.807, 2.05) is 6.07 Å². The average Bonchev–Trinajstić information content (AvgIpc) is 2.92. The van der Waals surface area contributed by atoms with Crippen molar-refractivity contribution in [3.8, 4) is 5.75 Å². The Kier molecular flexibility index (Phi) is 9.83. The van der Waals surface area contributed by atoms with Gasteiger partial charge in [0, 0.05) is 6.54 Å². The lowest BCUT2D eigenvalue weighted by molar-refractivity contribution is 0.243. The summed E-state index contributed by atoms with van der Waals surface area (Å²) in [6.45, 7) is 10.2. The van der Waals surface area contributed by atoms with Crippen LogP contribution in [0.1, 0.15) is 43.9 Å². The smallest absolute Gasteiger partial charge is 0.261 e. The van der Waals surface area contributed by atoms with E-state index < -0.39 is 10.1 Å². The van der Waals surface area contributed by atoms with E-state index >= 15 is 0 Å². The lowest BCUT2D eigenvalue weighted by Gasteiger charge is -2.18. The van der Waals surface area contributed by atoms with Crippen molar-refractivity contribution in [2.45, 2.75) is 46.6 Å². The Morgan fingerprint density at radius 2 is 1.72 bits per heavy atom. The Labute approximate surface area is 197 Å². The second kappa shape index (κ2) is 11.9. The van der Waals surface area contributed by atoms with Gasteiger partial charge in [-0.15, -0.1) is 0 Å². The predicted octanol–water partition coefficient (Wildman–Crippen LogP) is 4.96. The Hall–Kier alpha value is -1.80. The summed E-state index contributed by atoms with van der Waals surface area (Å²) in [4.78, 5) is 0. The Bertz CT molecular complexity index is 963. The summed E-state index contributed by atoms with van der Waals surface area (Å²) in [5, 5.41) is 7.83. The van der Waals surface area contributed by atoms with Gasteiger partial charge < -0.3 is 15.4 Å². The van der Waals surface area contributed by atoms with Gasteiger partial charge in [0.2, 0.25) is 0 Å². The fraction of sp³-hybridized carbons (Fsp3) is 0.500. The molecule has 0 amide bonds. The summed E-state index contributed by atoms with van der Waals surface area (Å²) in [6.07, 6.45) is 3.83. The van der Waals surface area contributed by atoms with Gasteiger partial charge in [-0.05, 0) is 72.7 Å². The van der Waals surface area contributed by atoms with Crippen LogP contribution in [0.5, 0.6) is 5.75 Å². The van der Waals surface area contributed by atoms with Gasteiger partial charge in [0.25, 0.3) is 10.1 Å². The maximum absolute atomic E-state index is 9.19. The first kappa shape index (κ1) is 26.5. The van der Waals surface area contributed by atoms with Crippen LogP contribution < -0.4 is 15.4 Å². The molecule has 3 N–H and O–H groups in total. The van der Waals surface area contributed by atoms with Crippen LogP contribution in [0.2, 0.25) is 5.02 Å². The van der Waals surface area contributed by atoms with Crippen molar-refractivity contribution in [3.05, 3.63) is 58.1 Å². The summed E-state index contributed by atoms with van der Waals surface area (Å²) < 4.78 is 31.7. The maximum Gasteiger partial charge on any atom is 0.261 e. The van der Waals surface area contributed by atoms with Gasteiger partial charge in [0.15, 0.2) is 0 Å². The number of benzene rings is 2. The van der Waals surface area contributed by atoms with Crippen molar-refractivity contribution in [1.82, 2.24) is 5.32 Å². The van der Waals surface area contributed by atoms with Crippen LogP contribution in [0.3, 0.4) is 0 Å². The first-order chi connectivity index (χ1) is 14.9. The first-order valence-corrected chi connectivity index (χ1v) is 13.0. The van der Waals surface area contributed by atoms with Crippen molar-refractivity contribution in [2.24, 2.45) is 5.41 Å². The first-order valence-electron chi connectivity index (χ1n) is 10.8. The molecule has 178 valence electrons. The number of anilines is 1. The topological polar surface area (TPSA) is 87.7 Å². The molecule has 0 aliphatic carbocycles. The van der Waals surface area contributed by atoms with Gasteiger partial charge in [-0.1, -0.05) is 50.6 Å². The molecule has 0 saturated carbocycles. The molecule has 3 rings (SSSR count). The molecule has 2 aromatic carbocycles. The minimum Gasteiger partial charge on any atom is -0.494 e. The zero-order valence-corrected chi connectivity index (χ0v) is 20.9. The van der Waals surface area contributed by atoms with Gasteiger partial charge >= 0.3 is 0 Å². The molecule has 1 aliphatic heterocycles. The van der Waals surface area contributed by atoms with Crippen LogP contribution in [-0.4, -0.2) is 38.9 Å². The second-order valence-electron chi connectivity index (χ2n) is 9.20. The van der Waals surface area contributed by atoms with Crippen molar-refractivity contribution >= 4 is 27.4 Å². The number of nitrogens with one attached hydrogen (secondary N) is 2. The van der Waals surface area contributed by atoms with Crippen molar-refractivity contribution in [1.29, 1.82) is 0 Å². The highest BCUT2D eigenvalue weighted by Crippen LogP contribution is 2.31. The molecule has 6 nitrogen and oxygen atoms in total. The molecule has 2 aromatic rings. The Morgan fingerprint density at radius 3 is 2.34 bits per heavy atom. The normalized spacial score (nSPS) is 13.9. The fourth-order valence-electron chi connectivity index (χ4n) is 3.30. The quantitative estimate of drug-likeness (QED) is 0.504. The molecule has 0 saturated heterocycles. The number of halogens is 1. The molecule has 1 aliphatic rings. The number of hydrogen-bond donors (Lipinski definition) is 3. The van der Waals surface area contributed by atoms with E-state index in [0.717, 1.165) is 62.0 Å². The molecular formula is C24H35ClN2O4S. The third-order valence-electron chi connectivity index (χ3n) is 5.00. The summed E-state index contributed by atoms with van der Waals surface area (Å²) in [7, 11) is -3.67. The van der Waals surface area contributed by atoms with Gasteiger partial charge in [0.1, 0.15) is 5.75 Å². The highest BCUT2D eigenvalue weighted by molar-refractivity contribution is 7.85. The van der Waals surface area contributed by atoms with Crippen LogP contribution in [0.25, 0.3) is 0 Å². The van der Waals surface area contributed by atoms with E-state index in [1.54, 1.807) is 0 Å². The lowest BCUT2D eigenvalue weighted by Crippen LogP contribution is -2.16. The monoisotopic (exact) mass is 482 g/mol. The summed E-state index contributed by atoms with van der Waals surface area (Å²) in [5.74, 6) is 0.931. The van der Waals surface area contributed by atoms with E-state index in [9.17, 15) is 8.42 Å². The van der Waals surface area contributed by atoms with Gasteiger partial charge in [0.05, 0.1) is 23.6 Å². The van der Waals surface area contributed by atoms with E-state index in [1.165, 1.54) is 16.7 Å². The van der Waals surface area contributed by atoms with E-state index in [-0.39, 0.29) is 0 Å². The third-order valence-corrected chi connectivity index (χ3v) is 5.31. The molecule has 0 unspecified atom stereocenters. The van der Waals surface area contributed by atoms with Crippen LogP contribution in [0.15, 0.2) is 36.4 Å². The Balaban J connectivity index is 0.000000654. The zero-order valence-electron chi connectivity index (χ0n) is 19.4. The Morgan fingerprint density at radius 1 is 1.09 bits per heavy atom. The molecule has 32 heavy (non-hydrogen) atoms. The van der Waals surface area contributed by atoms with Crippen molar-refractivity contribution in [3.63, 3.8) is 0 Å². The molecule has 0 bridgehead atoms. The zero-order chi connectivity index (χ0) is 23.8. The van der Waals surface area contributed by atoms with Crippen LogP contribution in [0, 0.1) is 5.41 Å².